The van der Waals surface area contributed by atoms with Gasteiger partial charge in [0.15, 0.2) is 6.23 Å². The van der Waals surface area contributed by atoms with Crippen LogP contribution in [0.3, 0.4) is 0 Å². The minimum absolute atomic E-state index is 0.0739. The van der Waals surface area contributed by atoms with E-state index in [1.165, 1.54) is 24.3 Å². The Morgan fingerprint density at radius 1 is 1.29 bits per heavy atom. The Labute approximate surface area is 185 Å². The van der Waals surface area contributed by atoms with E-state index in [4.69, 9.17) is 21.2 Å². The highest BCUT2D eigenvalue weighted by molar-refractivity contribution is 5.80. The molecule has 0 spiro atoms. The Kier molecular flexibility index (Phi) is 7.27. The molecule has 6 N–H and O–H groups in total. The van der Waals surface area contributed by atoms with Crippen LogP contribution in [-0.4, -0.2) is 41.9 Å². The van der Waals surface area contributed by atoms with Crippen LogP contribution < -0.4 is 27.1 Å². The lowest BCUT2D eigenvalue weighted by Gasteiger charge is -2.24. The van der Waals surface area contributed by atoms with Gasteiger partial charge in [0.2, 0.25) is 5.96 Å². The molecule has 2 fully saturated rings. The van der Waals surface area contributed by atoms with Crippen molar-refractivity contribution in [3.63, 3.8) is 0 Å². The zero-order valence-corrected chi connectivity index (χ0v) is 19.4. The number of hydrogen-bond acceptors (Lipinski definition) is 7. The summed E-state index contributed by atoms with van der Waals surface area (Å²) in [5, 5.41) is 4.69. The number of pyridine rings is 1. The molecule has 1 aromatic heterocycles. The summed E-state index contributed by atoms with van der Waals surface area (Å²) in [6.07, 6.45) is 6.06. The largest absolute Gasteiger partial charge is 0.489 e. The second-order valence-electron chi connectivity index (χ2n) is 9.40. The van der Waals surface area contributed by atoms with Gasteiger partial charge in [-0.05, 0) is 44.7 Å². The second kappa shape index (κ2) is 9.74. The molecule has 31 heavy (non-hydrogen) atoms. The minimum atomic E-state index is -0.173. The van der Waals surface area contributed by atoms with Crippen molar-refractivity contribution < 1.29 is 9.57 Å². The summed E-state index contributed by atoms with van der Waals surface area (Å²) < 4.78 is 6.17. The van der Waals surface area contributed by atoms with Crippen molar-refractivity contribution in [2.45, 2.75) is 72.1 Å². The summed E-state index contributed by atoms with van der Waals surface area (Å²) in [7, 11) is 1.74. The summed E-state index contributed by atoms with van der Waals surface area (Å²) >= 11 is 0. The van der Waals surface area contributed by atoms with Gasteiger partial charge < -0.3 is 20.8 Å². The predicted molar refractivity (Wildman–Crippen MR) is 122 cm³/mol. The normalized spacial score (nSPS) is 22.0. The lowest BCUT2D eigenvalue weighted by Crippen LogP contribution is -2.38. The summed E-state index contributed by atoms with van der Waals surface area (Å²) in [6.45, 7) is 8.47. The molecule has 9 heteroatoms. The van der Waals surface area contributed by atoms with E-state index in [-0.39, 0.29) is 24.3 Å². The zero-order valence-electron chi connectivity index (χ0n) is 19.4. The van der Waals surface area contributed by atoms with Crippen molar-refractivity contribution in [3.8, 4) is 5.75 Å². The smallest absolute Gasteiger partial charge is 0.218 e. The second-order valence-corrected chi connectivity index (χ2v) is 9.40. The van der Waals surface area contributed by atoms with E-state index in [9.17, 15) is 0 Å². The van der Waals surface area contributed by atoms with Crippen molar-refractivity contribution >= 4 is 11.7 Å². The van der Waals surface area contributed by atoms with Gasteiger partial charge in [-0.3, -0.25) is 0 Å². The van der Waals surface area contributed by atoms with Crippen molar-refractivity contribution in [2.75, 3.05) is 13.6 Å². The van der Waals surface area contributed by atoms with Gasteiger partial charge in [-0.2, -0.15) is 0 Å². The Hall–Kier alpha value is -2.52. The minimum Gasteiger partial charge on any atom is -0.489 e. The zero-order chi connectivity index (χ0) is 22.6. The molecule has 0 amide bonds. The van der Waals surface area contributed by atoms with Gasteiger partial charge in [-0.1, -0.05) is 27.2 Å². The number of likely N-dealkylation sites (N-methyl/N-ethyl adjacent to an activating group) is 1. The van der Waals surface area contributed by atoms with Crippen LogP contribution in [0, 0.1) is 12.3 Å². The molecule has 172 valence electrons. The monoisotopic (exact) mass is 431 g/mol. The summed E-state index contributed by atoms with van der Waals surface area (Å²) in [4.78, 5) is 14.8. The van der Waals surface area contributed by atoms with Crippen molar-refractivity contribution in [1.82, 2.24) is 20.8 Å². The van der Waals surface area contributed by atoms with E-state index < -0.39 is 0 Å². The SMILES string of the molecule is Cc1nc(/C(N)=C(\CN=C2NOC(C(C)(C)C)N2)N(C)N)ccc1OC1CCCCC1. The molecule has 1 aliphatic carbocycles. The average Bonchev–Trinajstić information content (AvgIpc) is 3.19. The lowest BCUT2D eigenvalue weighted by molar-refractivity contribution is -0.0297. The average molecular weight is 432 g/mol. The first-order chi connectivity index (χ1) is 14.6. The predicted octanol–water partition coefficient (Wildman–Crippen LogP) is 2.39. The third kappa shape index (κ3) is 6.01. The number of hydrogen-bond donors (Lipinski definition) is 4. The molecule has 9 nitrogen and oxygen atoms in total. The standard InChI is InChI=1S/C22H37N7O2/c1-14-18(30-15-9-7-6-8-10-15)12-11-16(26-14)19(23)17(29(5)24)13-25-21-27-20(31-28-21)22(2,3)4/h11-12,15,20H,6-10,13,23-24H2,1-5H3,(H2,25,27,28)/b19-17-. The molecule has 2 aliphatic rings. The van der Waals surface area contributed by atoms with Crippen LogP contribution in [0.25, 0.3) is 5.70 Å². The van der Waals surface area contributed by atoms with E-state index in [1.807, 2.05) is 19.1 Å². The first kappa shape index (κ1) is 23.1. The molecular weight excluding hydrogens is 394 g/mol. The van der Waals surface area contributed by atoms with E-state index >= 15 is 0 Å². The molecule has 0 aromatic carbocycles. The number of aromatic nitrogens is 1. The first-order valence-electron chi connectivity index (χ1n) is 11.0. The number of nitrogens with one attached hydrogen (secondary N) is 2. The molecule has 1 aromatic rings. The third-order valence-electron chi connectivity index (χ3n) is 5.61. The van der Waals surface area contributed by atoms with E-state index in [1.54, 1.807) is 7.05 Å². The molecule has 1 unspecified atom stereocenters. The molecule has 1 aliphatic heterocycles. The van der Waals surface area contributed by atoms with E-state index in [0.29, 0.717) is 23.0 Å². The van der Waals surface area contributed by atoms with Crippen LogP contribution in [-0.2, 0) is 4.84 Å². The van der Waals surface area contributed by atoms with Gasteiger partial charge in [0.1, 0.15) is 5.75 Å². The number of ether oxygens (including phenoxy) is 1. The summed E-state index contributed by atoms with van der Waals surface area (Å²) in [6, 6.07) is 3.82. The molecule has 2 heterocycles. The number of hydroxylamine groups is 1. The van der Waals surface area contributed by atoms with Gasteiger partial charge in [0.05, 0.1) is 35.4 Å². The van der Waals surface area contributed by atoms with Gasteiger partial charge >= 0.3 is 0 Å². The highest BCUT2D eigenvalue weighted by atomic mass is 16.7. The molecule has 0 bridgehead atoms. The van der Waals surface area contributed by atoms with E-state index in [0.717, 1.165) is 24.3 Å². The van der Waals surface area contributed by atoms with Crippen LogP contribution in [0.1, 0.15) is 64.3 Å². The number of nitrogens with two attached hydrogens (primary N) is 2. The van der Waals surface area contributed by atoms with Gasteiger partial charge in [0.25, 0.3) is 0 Å². The highest BCUT2D eigenvalue weighted by Gasteiger charge is 2.31. The van der Waals surface area contributed by atoms with Gasteiger partial charge in [0, 0.05) is 12.5 Å². The molecule has 1 atom stereocenters. The van der Waals surface area contributed by atoms with Crippen LogP contribution in [0.4, 0.5) is 0 Å². The van der Waals surface area contributed by atoms with E-state index in [2.05, 4.69) is 41.5 Å². The fraction of sp³-hybridized carbons (Fsp3) is 0.636. The fourth-order valence-corrected chi connectivity index (χ4v) is 3.64. The molecule has 1 saturated carbocycles. The Morgan fingerprint density at radius 2 is 2.00 bits per heavy atom. The summed E-state index contributed by atoms with van der Waals surface area (Å²) in [5.74, 6) is 7.41. The number of aliphatic imine (C=N–C) groups is 1. The Bertz CT molecular complexity index is 824. The van der Waals surface area contributed by atoms with Crippen LogP contribution in [0.15, 0.2) is 22.8 Å². The maximum absolute atomic E-state index is 6.44. The van der Waals surface area contributed by atoms with Crippen molar-refractivity contribution in [1.29, 1.82) is 0 Å². The van der Waals surface area contributed by atoms with Crippen LogP contribution >= 0.6 is 0 Å². The number of hydrazine groups is 1. The molecule has 1 saturated heterocycles. The maximum atomic E-state index is 6.44. The number of nitrogens with zero attached hydrogens (tertiary/aromatic N) is 3. The quantitative estimate of drug-likeness (QED) is 0.400. The molecule has 3 rings (SSSR count). The highest BCUT2D eigenvalue weighted by Crippen LogP contribution is 2.26. The number of guanidine groups is 1. The van der Waals surface area contributed by atoms with Crippen molar-refractivity contribution in [3.05, 3.63) is 29.2 Å². The fourth-order valence-electron chi connectivity index (χ4n) is 3.64. The molecule has 0 radical (unpaired) electrons. The first-order valence-corrected chi connectivity index (χ1v) is 11.0. The van der Waals surface area contributed by atoms with Gasteiger partial charge in [-0.15, -0.1) is 0 Å². The number of aryl methyl sites for hydroxylation is 1. The lowest BCUT2D eigenvalue weighted by atomic mass is 9.94. The molecular formula is C22H37N7O2. The summed E-state index contributed by atoms with van der Waals surface area (Å²) in [5.41, 5.74) is 11.8. The Balaban J connectivity index is 1.73. The van der Waals surface area contributed by atoms with Crippen molar-refractivity contribution in [2.24, 2.45) is 22.0 Å². The van der Waals surface area contributed by atoms with Crippen LogP contribution in [0.2, 0.25) is 0 Å². The van der Waals surface area contributed by atoms with Gasteiger partial charge in [-0.25, -0.2) is 26.1 Å². The third-order valence-corrected chi connectivity index (χ3v) is 5.61. The topological polar surface area (TPSA) is 123 Å². The maximum Gasteiger partial charge on any atom is 0.218 e. The number of rotatable bonds is 6. The van der Waals surface area contributed by atoms with Crippen LogP contribution in [0.5, 0.6) is 5.75 Å². The Morgan fingerprint density at radius 3 is 2.58 bits per heavy atom.